The lowest BCUT2D eigenvalue weighted by Gasteiger charge is -2.48. The van der Waals surface area contributed by atoms with Gasteiger partial charge in [-0.15, -0.1) is 0 Å². The molecule has 6 atom stereocenters. The van der Waals surface area contributed by atoms with E-state index in [0.29, 0.717) is 39.3 Å². The molecule has 358 valence electrons. The summed E-state index contributed by atoms with van der Waals surface area (Å²) in [4.78, 5) is 15.7. The molecule has 0 spiro atoms. The van der Waals surface area contributed by atoms with Crippen molar-refractivity contribution < 1.29 is 42.4 Å². The van der Waals surface area contributed by atoms with E-state index in [0.717, 1.165) is 52.3 Å². The number of rotatable bonds is 22. The van der Waals surface area contributed by atoms with Crippen LogP contribution in [0.4, 0.5) is 0 Å². The number of Topliss-reactive ketones (excluding diaryl/α,β-unsaturated/α-hetero) is 1. The van der Waals surface area contributed by atoms with Gasteiger partial charge < -0.3 is 37.6 Å². The topological polar surface area (TPSA) is 90.9 Å². The van der Waals surface area contributed by atoms with Crippen molar-refractivity contribution in [1.82, 2.24) is 0 Å². The maximum absolute atomic E-state index is 15.7. The van der Waals surface area contributed by atoms with Gasteiger partial charge in [0.25, 0.3) is 0 Å². The molecule has 4 aromatic carbocycles. The zero-order chi connectivity index (χ0) is 47.5. The first-order valence-electron chi connectivity index (χ1n) is 23.8. The molecule has 0 unspecified atom stereocenters. The summed E-state index contributed by atoms with van der Waals surface area (Å²) in [5.41, 5.74) is 3.95. The molecule has 1 fully saturated rings. The predicted octanol–water partition coefficient (Wildman–Crippen LogP) is 12.4. The van der Waals surface area contributed by atoms with E-state index in [2.05, 4.69) is 72.8 Å². The highest BCUT2D eigenvalue weighted by atomic mass is 28.4. The van der Waals surface area contributed by atoms with Crippen molar-refractivity contribution >= 4 is 14.1 Å². The lowest BCUT2D eigenvalue weighted by molar-refractivity contribution is -0.224. The number of carbonyl (C=O) groups is 1. The highest BCUT2D eigenvalue weighted by Crippen LogP contribution is 2.53. The van der Waals surface area contributed by atoms with Crippen LogP contribution in [0.2, 0.25) is 18.1 Å². The average Bonchev–Trinajstić information content (AvgIpc) is 3.62. The molecule has 0 aliphatic heterocycles. The summed E-state index contributed by atoms with van der Waals surface area (Å²) in [6.45, 7) is 19.9. The highest BCUT2D eigenvalue weighted by molar-refractivity contribution is 6.74. The number of hydrogen-bond donors (Lipinski definition) is 0. The molecular weight excluding hydrogens is 845 g/mol. The Morgan fingerprint density at radius 1 is 0.712 bits per heavy atom. The van der Waals surface area contributed by atoms with Gasteiger partial charge in [-0.3, -0.25) is 4.79 Å². The van der Waals surface area contributed by atoms with Crippen LogP contribution in [0, 0.1) is 23.2 Å². The van der Waals surface area contributed by atoms with Crippen LogP contribution in [-0.4, -0.2) is 66.5 Å². The van der Waals surface area contributed by atoms with E-state index >= 15 is 4.79 Å². The molecule has 0 amide bonds. The minimum Gasteiger partial charge on any atom is -0.497 e. The lowest BCUT2D eigenvalue weighted by Crippen LogP contribution is -2.59. The van der Waals surface area contributed by atoms with Crippen LogP contribution >= 0.6 is 0 Å². The fourth-order valence-electron chi connectivity index (χ4n) is 9.53. The van der Waals surface area contributed by atoms with E-state index in [1.807, 2.05) is 91.0 Å². The van der Waals surface area contributed by atoms with Gasteiger partial charge in [-0.25, -0.2) is 0 Å². The third-order valence-corrected chi connectivity index (χ3v) is 19.5. The van der Waals surface area contributed by atoms with E-state index in [4.69, 9.17) is 37.6 Å². The molecule has 2 bridgehead atoms. The number of ether oxygens (including phenoxy) is 7. The molecule has 2 aliphatic carbocycles. The van der Waals surface area contributed by atoms with Gasteiger partial charge in [-0.05, 0) is 108 Å². The summed E-state index contributed by atoms with van der Waals surface area (Å²) in [6.07, 6.45) is 4.10. The Labute approximate surface area is 396 Å². The fourth-order valence-corrected chi connectivity index (χ4v) is 10.6. The summed E-state index contributed by atoms with van der Waals surface area (Å²) >= 11 is 0. The van der Waals surface area contributed by atoms with Crippen molar-refractivity contribution in [2.24, 2.45) is 23.2 Å². The second-order valence-corrected chi connectivity index (χ2v) is 25.1. The first-order valence-corrected chi connectivity index (χ1v) is 26.7. The van der Waals surface area contributed by atoms with Crippen molar-refractivity contribution in [3.8, 4) is 17.2 Å². The van der Waals surface area contributed by atoms with Crippen LogP contribution in [-0.2, 0) is 54.6 Å². The third-order valence-electron chi connectivity index (χ3n) is 14.9. The van der Waals surface area contributed by atoms with E-state index in [1.165, 1.54) is 5.57 Å². The van der Waals surface area contributed by atoms with Crippen molar-refractivity contribution in [2.45, 2.75) is 130 Å². The Balaban J connectivity index is 1.48. The molecular formula is C56H76O9Si. The maximum Gasteiger partial charge on any atom is 0.191 e. The smallest absolute Gasteiger partial charge is 0.191 e. The first-order chi connectivity index (χ1) is 31.5. The van der Waals surface area contributed by atoms with Gasteiger partial charge in [0.05, 0.1) is 60.5 Å². The maximum atomic E-state index is 15.7. The number of fused-ring (bicyclic) bond motifs is 2. The second-order valence-electron chi connectivity index (χ2n) is 20.3. The fraction of sp³-hybridized carbons (Fsp3) is 0.518. The van der Waals surface area contributed by atoms with Gasteiger partial charge in [0, 0.05) is 24.4 Å². The van der Waals surface area contributed by atoms with Crippen molar-refractivity contribution in [3.05, 3.63) is 137 Å². The Hall–Kier alpha value is -4.29. The van der Waals surface area contributed by atoms with E-state index < -0.39 is 32.0 Å². The number of ketones is 1. The van der Waals surface area contributed by atoms with Crippen molar-refractivity contribution in [3.63, 3.8) is 0 Å². The molecule has 66 heavy (non-hydrogen) atoms. The van der Waals surface area contributed by atoms with Crippen LogP contribution < -0.4 is 14.2 Å². The minimum absolute atomic E-state index is 0.00163. The van der Waals surface area contributed by atoms with Gasteiger partial charge in [-0.1, -0.05) is 120 Å². The molecule has 0 radical (unpaired) electrons. The quantitative estimate of drug-likeness (QED) is 0.0564. The molecule has 6 rings (SSSR count). The van der Waals surface area contributed by atoms with Crippen LogP contribution in [0.5, 0.6) is 17.2 Å². The molecule has 1 saturated carbocycles. The predicted molar refractivity (Wildman–Crippen MR) is 264 cm³/mol. The zero-order valence-electron chi connectivity index (χ0n) is 41.5. The van der Waals surface area contributed by atoms with Gasteiger partial charge in [0.15, 0.2) is 14.1 Å². The summed E-state index contributed by atoms with van der Waals surface area (Å²) in [5.74, 6) is 1.52. The van der Waals surface area contributed by atoms with Gasteiger partial charge in [-0.2, -0.15) is 0 Å². The van der Waals surface area contributed by atoms with Gasteiger partial charge >= 0.3 is 0 Å². The Bertz CT molecular complexity index is 2140. The first kappa shape index (κ1) is 51.1. The highest BCUT2D eigenvalue weighted by Gasteiger charge is 2.55. The monoisotopic (exact) mass is 921 g/mol. The molecule has 0 heterocycles. The molecule has 10 heteroatoms. The second kappa shape index (κ2) is 22.7. The summed E-state index contributed by atoms with van der Waals surface area (Å²) in [7, 11) is 2.82. The van der Waals surface area contributed by atoms with Crippen molar-refractivity contribution in [1.29, 1.82) is 0 Å². The molecule has 2 aliphatic rings. The number of carbonyl (C=O) groups excluding carboxylic acids is 1. The molecule has 0 N–H and O–H groups in total. The normalized spacial score (nSPS) is 22.0. The Kier molecular flexibility index (Phi) is 17.6. The summed E-state index contributed by atoms with van der Waals surface area (Å²) < 4.78 is 52.1. The van der Waals surface area contributed by atoms with E-state index in [9.17, 15) is 0 Å². The number of methoxy groups -OCH3 is 3. The van der Waals surface area contributed by atoms with Gasteiger partial charge in [0.2, 0.25) is 0 Å². The average molecular weight is 921 g/mol. The SMILES string of the molecule is COc1ccc(COC[C@](OCc2ccccc2)([C@H](CCO[Si](C)(C)C(C)(C)C)OCc2ccc(OC)cc2)[C@H]2C/C=C3/CC[C@@H]([C@@H](OCc4ccc(OC)cc4)C(=O)[C@H]2C)C3(C)C)cc1. The van der Waals surface area contributed by atoms with E-state index in [1.54, 1.807) is 21.3 Å². The number of allylic oxidation sites excluding steroid dienone is 2. The standard InChI is InChI=1S/C56H76O9Si/c1-40-49(31-23-45-24-32-50(55(45,5)6)53(52(40)57)63-37-44-21-29-48(60-9)30-22-44)56(64-38-41-15-13-12-14-16-41,39-61-35-42-17-25-46(58-7)26-18-42)51(33-34-65-66(10,11)54(2,3)4)62-36-43-19-27-47(59-8)28-20-43/h12-23,25-30,40,49-51,53H,24,31-39H2,1-11H3/b45-23-/t40-,49-,50-,51-,53+,56+/m0/s1. The third kappa shape index (κ3) is 12.4. The zero-order valence-corrected chi connectivity index (χ0v) is 42.5. The molecule has 4 aromatic rings. The number of hydrogen-bond acceptors (Lipinski definition) is 9. The molecule has 0 aromatic heterocycles. The van der Waals surface area contributed by atoms with E-state index in [-0.39, 0.29) is 41.3 Å². The molecule has 0 saturated heterocycles. The Morgan fingerprint density at radius 3 is 1.79 bits per heavy atom. The van der Waals surface area contributed by atoms with Crippen LogP contribution in [0.15, 0.2) is 115 Å². The summed E-state index contributed by atoms with van der Waals surface area (Å²) in [5, 5.41) is 0.00662. The van der Waals surface area contributed by atoms with Gasteiger partial charge in [0.1, 0.15) is 29.0 Å². The van der Waals surface area contributed by atoms with Crippen LogP contribution in [0.1, 0.15) is 89.5 Å². The van der Waals surface area contributed by atoms with Crippen molar-refractivity contribution in [2.75, 3.05) is 34.5 Å². The molecule has 9 nitrogen and oxygen atoms in total. The lowest BCUT2D eigenvalue weighted by atomic mass is 9.69. The Morgan fingerprint density at radius 2 is 1.24 bits per heavy atom. The number of benzene rings is 4. The summed E-state index contributed by atoms with van der Waals surface area (Å²) in [6, 6.07) is 34.1. The largest absolute Gasteiger partial charge is 0.497 e. The van der Waals surface area contributed by atoms with Crippen LogP contribution in [0.25, 0.3) is 0 Å². The van der Waals surface area contributed by atoms with Crippen LogP contribution in [0.3, 0.4) is 0 Å². The minimum atomic E-state index is -2.18.